The number of cyclic esters (lactones) is 1. The minimum Gasteiger partial charge on any atom is -0.490 e. The standard InChI is InChI=1S/C21H16Br2INO5/c1-3-18(26)29-19-14(23)7-11(9-17(19)28-4-2)8-16-21(27)30-20(25-16)12-5-6-15(24)13(22)10-12/h5-10H,3-4H2,1-2H3/b16-8-. The zero-order valence-electron chi connectivity index (χ0n) is 16.0. The van der Waals surface area contributed by atoms with Crippen molar-refractivity contribution in [3.63, 3.8) is 0 Å². The van der Waals surface area contributed by atoms with E-state index in [1.54, 1.807) is 25.1 Å². The van der Waals surface area contributed by atoms with Crippen molar-refractivity contribution in [1.82, 2.24) is 0 Å². The van der Waals surface area contributed by atoms with Crippen LogP contribution in [-0.4, -0.2) is 24.4 Å². The second-order valence-corrected chi connectivity index (χ2v) is 8.93. The van der Waals surface area contributed by atoms with Gasteiger partial charge in [-0.2, -0.15) is 0 Å². The summed E-state index contributed by atoms with van der Waals surface area (Å²) < 4.78 is 18.8. The zero-order chi connectivity index (χ0) is 21.8. The smallest absolute Gasteiger partial charge is 0.363 e. The van der Waals surface area contributed by atoms with Crippen LogP contribution in [0.3, 0.4) is 0 Å². The SMILES string of the molecule is CCOc1cc(/C=C2\N=C(c3ccc(I)c(Br)c3)OC2=O)cc(Br)c1OC(=O)CC. The Hall–Kier alpha value is -1.72. The van der Waals surface area contributed by atoms with Gasteiger partial charge in [0.1, 0.15) is 0 Å². The normalized spacial score (nSPS) is 14.5. The van der Waals surface area contributed by atoms with Crippen LogP contribution in [0.2, 0.25) is 0 Å². The molecule has 0 fully saturated rings. The van der Waals surface area contributed by atoms with E-state index in [0.29, 0.717) is 33.7 Å². The highest BCUT2D eigenvalue weighted by atomic mass is 127. The van der Waals surface area contributed by atoms with Crippen molar-refractivity contribution in [2.75, 3.05) is 6.61 Å². The molecular formula is C21H16Br2INO5. The molecule has 0 saturated carbocycles. The molecule has 0 spiro atoms. The second-order valence-electron chi connectivity index (χ2n) is 6.06. The maximum absolute atomic E-state index is 12.3. The zero-order valence-corrected chi connectivity index (χ0v) is 21.3. The first-order valence-corrected chi connectivity index (χ1v) is 11.6. The van der Waals surface area contributed by atoms with Crippen LogP contribution in [0, 0.1) is 3.57 Å². The molecule has 9 heteroatoms. The number of hydrogen-bond donors (Lipinski definition) is 0. The predicted molar refractivity (Wildman–Crippen MR) is 129 cm³/mol. The van der Waals surface area contributed by atoms with E-state index in [1.165, 1.54) is 0 Å². The first-order chi connectivity index (χ1) is 14.3. The molecule has 0 amide bonds. The minimum absolute atomic E-state index is 0.160. The lowest BCUT2D eigenvalue weighted by Gasteiger charge is -2.13. The quantitative estimate of drug-likeness (QED) is 0.170. The highest BCUT2D eigenvalue weighted by Gasteiger charge is 2.25. The van der Waals surface area contributed by atoms with Crippen molar-refractivity contribution < 1.29 is 23.8 Å². The summed E-state index contributed by atoms with van der Waals surface area (Å²) in [4.78, 5) is 28.4. The fourth-order valence-electron chi connectivity index (χ4n) is 2.54. The number of aliphatic imine (C=N–C) groups is 1. The Morgan fingerprint density at radius 3 is 2.63 bits per heavy atom. The van der Waals surface area contributed by atoms with Crippen molar-refractivity contribution >= 4 is 78.4 Å². The van der Waals surface area contributed by atoms with E-state index >= 15 is 0 Å². The Morgan fingerprint density at radius 1 is 1.20 bits per heavy atom. The van der Waals surface area contributed by atoms with Crippen LogP contribution in [0.1, 0.15) is 31.4 Å². The van der Waals surface area contributed by atoms with Crippen LogP contribution in [0.15, 0.2) is 50.0 Å². The molecular weight excluding hydrogens is 633 g/mol. The highest BCUT2D eigenvalue weighted by molar-refractivity contribution is 14.1. The minimum atomic E-state index is -0.546. The topological polar surface area (TPSA) is 74.2 Å². The summed E-state index contributed by atoms with van der Waals surface area (Å²) in [6.07, 6.45) is 1.83. The molecule has 0 aromatic heterocycles. The van der Waals surface area contributed by atoms with Crippen LogP contribution in [0.25, 0.3) is 6.08 Å². The van der Waals surface area contributed by atoms with Crippen molar-refractivity contribution in [3.8, 4) is 11.5 Å². The van der Waals surface area contributed by atoms with Gasteiger partial charge >= 0.3 is 11.9 Å². The third-order valence-electron chi connectivity index (χ3n) is 3.93. The number of benzene rings is 2. The van der Waals surface area contributed by atoms with Gasteiger partial charge in [0.2, 0.25) is 5.90 Å². The number of rotatable bonds is 6. The van der Waals surface area contributed by atoms with Crippen LogP contribution < -0.4 is 9.47 Å². The number of hydrogen-bond acceptors (Lipinski definition) is 6. The highest BCUT2D eigenvalue weighted by Crippen LogP contribution is 2.38. The average molecular weight is 649 g/mol. The van der Waals surface area contributed by atoms with Gasteiger partial charge < -0.3 is 14.2 Å². The maximum atomic E-state index is 12.3. The molecule has 30 heavy (non-hydrogen) atoms. The van der Waals surface area contributed by atoms with Crippen molar-refractivity contribution in [2.24, 2.45) is 4.99 Å². The number of nitrogens with zero attached hydrogens (tertiary/aromatic N) is 1. The molecule has 3 rings (SSSR count). The first kappa shape index (κ1) is 23.0. The molecule has 1 aliphatic rings. The van der Waals surface area contributed by atoms with Gasteiger partial charge in [0.25, 0.3) is 0 Å². The number of esters is 2. The summed E-state index contributed by atoms with van der Waals surface area (Å²) >= 11 is 9.07. The first-order valence-electron chi connectivity index (χ1n) is 8.97. The summed E-state index contributed by atoms with van der Waals surface area (Å²) in [5.74, 6) is 0.00155. The summed E-state index contributed by atoms with van der Waals surface area (Å²) in [7, 11) is 0. The summed E-state index contributed by atoms with van der Waals surface area (Å²) in [5.41, 5.74) is 1.49. The molecule has 0 unspecified atom stereocenters. The van der Waals surface area contributed by atoms with E-state index in [4.69, 9.17) is 14.2 Å². The van der Waals surface area contributed by atoms with E-state index in [9.17, 15) is 9.59 Å². The summed E-state index contributed by atoms with van der Waals surface area (Å²) in [6, 6.07) is 8.98. The summed E-state index contributed by atoms with van der Waals surface area (Å²) in [6.45, 7) is 3.92. The molecule has 0 N–H and O–H groups in total. The Kier molecular flexibility index (Phi) is 7.70. The van der Waals surface area contributed by atoms with E-state index in [0.717, 1.165) is 8.04 Å². The molecule has 1 heterocycles. The van der Waals surface area contributed by atoms with Gasteiger partial charge in [0.15, 0.2) is 17.2 Å². The van der Waals surface area contributed by atoms with Crippen LogP contribution in [0.5, 0.6) is 11.5 Å². The molecule has 6 nitrogen and oxygen atoms in total. The van der Waals surface area contributed by atoms with Gasteiger partial charge in [0.05, 0.1) is 11.1 Å². The molecule has 2 aromatic rings. The van der Waals surface area contributed by atoms with Gasteiger partial charge in [-0.25, -0.2) is 9.79 Å². The van der Waals surface area contributed by atoms with Gasteiger partial charge in [-0.1, -0.05) is 6.92 Å². The number of carbonyl (C=O) groups is 2. The Labute approximate surface area is 204 Å². The average Bonchev–Trinajstić information content (AvgIpc) is 3.07. The molecule has 0 aliphatic carbocycles. The Morgan fingerprint density at radius 2 is 1.97 bits per heavy atom. The molecule has 0 bridgehead atoms. The second kappa shape index (κ2) is 10.1. The van der Waals surface area contributed by atoms with Crippen LogP contribution in [-0.2, 0) is 14.3 Å². The van der Waals surface area contributed by atoms with Gasteiger partial charge in [-0.3, -0.25) is 4.79 Å². The largest absolute Gasteiger partial charge is 0.490 e. The fourth-order valence-corrected chi connectivity index (χ4v) is 3.79. The lowest BCUT2D eigenvalue weighted by molar-refractivity contribution is -0.134. The predicted octanol–water partition coefficient (Wildman–Crippen LogP) is 5.87. The summed E-state index contributed by atoms with van der Waals surface area (Å²) in [5, 5.41) is 0. The van der Waals surface area contributed by atoms with E-state index in [1.807, 2.05) is 25.1 Å². The monoisotopic (exact) mass is 647 g/mol. The molecule has 0 saturated heterocycles. The maximum Gasteiger partial charge on any atom is 0.363 e. The lowest BCUT2D eigenvalue weighted by atomic mass is 10.1. The Balaban J connectivity index is 1.96. The third-order valence-corrected chi connectivity index (χ3v) is 6.85. The van der Waals surface area contributed by atoms with Crippen LogP contribution in [0.4, 0.5) is 0 Å². The van der Waals surface area contributed by atoms with Crippen molar-refractivity contribution in [1.29, 1.82) is 0 Å². The number of halogens is 3. The fraction of sp³-hybridized carbons (Fsp3) is 0.190. The third kappa shape index (κ3) is 5.30. The molecule has 1 aliphatic heterocycles. The molecule has 0 atom stereocenters. The lowest BCUT2D eigenvalue weighted by Crippen LogP contribution is -2.08. The molecule has 2 aromatic carbocycles. The van der Waals surface area contributed by atoms with E-state index in [2.05, 4.69) is 59.4 Å². The molecule has 0 radical (unpaired) electrons. The Bertz CT molecular complexity index is 1080. The van der Waals surface area contributed by atoms with Crippen molar-refractivity contribution in [2.45, 2.75) is 20.3 Å². The molecule has 156 valence electrons. The van der Waals surface area contributed by atoms with E-state index < -0.39 is 5.97 Å². The van der Waals surface area contributed by atoms with Gasteiger partial charge in [-0.05, 0) is 103 Å². The van der Waals surface area contributed by atoms with Crippen molar-refractivity contribution in [3.05, 3.63) is 59.7 Å². The van der Waals surface area contributed by atoms with E-state index in [-0.39, 0.29) is 24.0 Å². The number of carbonyl (C=O) groups excluding carboxylic acids is 2. The van der Waals surface area contributed by atoms with Gasteiger partial charge in [0, 0.05) is 20.0 Å². The number of ether oxygens (including phenoxy) is 3. The van der Waals surface area contributed by atoms with Gasteiger partial charge in [-0.15, -0.1) is 0 Å². The van der Waals surface area contributed by atoms with Crippen LogP contribution >= 0.6 is 54.5 Å².